The summed E-state index contributed by atoms with van der Waals surface area (Å²) in [6, 6.07) is 15.8. The number of carbonyl (C=O) groups excluding carboxylic acids is 1. The van der Waals surface area contributed by atoms with Crippen LogP contribution in [0.3, 0.4) is 0 Å². The molecule has 2 aliphatic heterocycles. The molecule has 3 aromatic rings. The average Bonchev–Trinajstić information content (AvgIpc) is 3.15. The number of halogens is 1. The van der Waals surface area contributed by atoms with E-state index < -0.39 is 0 Å². The second-order valence-corrected chi connectivity index (χ2v) is 9.05. The largest absolute Gasteiger partial charge is 0.339 e. The molecule has 7 heteroatoms. The Kier molecular flexibility index (Phi) is 5.59. The van der Waals surface area contributed by atoms with Gasteiger partial charge in [-0.1, -0.05) is 23.7 Å². The molecule has 1 amide bonds. The maximum absolute atomic E-state index is 12.7. The van der Waals surface area contributed by atoms with Crippen LogP contribution in [0.15, 0.2) is 53.3 Å². The van der Waals surface area contributed by atoms with Crippen LogP contribution < -0.4 is 5.69 Å². The molecule has 0 aliphatic carbocycles. The zero-order chi connectivity index (χ0) is 21.4. The molecule has 0 spiro atoms. The van der Waals surface area contributed by atoms with Crippen LogP contribution in [-0.2, 0) is 0 Å². The first kappa shape index (κ1) is 20.3. The molecule has 6 nitrogen and oxygen atoms in total. The van der Waals surface area contributed by atoms with Crippen LogP contribution in [-0.4, -0.2) is 57.5 Å². The van der Waals surface area contributed by atoms with Gasteiger partial charge in [-0.25, -0.2) is 4.79 Å². The zero-order valence-electron chi connectivity index (χ0n) is 17.5. The number of rotatable bonds is 3. The molecule has 0 radical (unpaired) electrons. The zero-order valence-corrected chi connectivity index (χ0v) is 18.2. The molecule has 0 bridgehead atoms. The fourth-order valence-electron chi connectivity index (χ4n) is 5.16. The number of aromatic nitrogens is 2. The monoisotopic (exact) mass is 438 g/mol. The van der Waals surface area contributed by atoms with Crippen molar-refractivity contribution in [1.29, 1.82) is 0 Å². The second kappa shape index (κ2) is 8.52. The quantitative estimate of drug-likeness (QED) is 0.674. The van der Waals surface area contributed by atoms with Crippen LogP contribution in [0, 0.1) is 0 Å². The van der Waals surface area contributed by atoms with Gasteiger partial charge in [-0.05, 0) is 62.1 Å². The molecule has 5 rings (SSSR count). The number of aromatic amines is 1. The number of hydrogen-bond acceptors (Lipinski definition) is 3. The first-order chi connectivity index (χ1) is 15.1. The van der Waals surface area contributed by atoms with E-state index in [-0.39, 0.29) is 17.6 Å². The number of para-hydroxylation sites is 2. The number of imidazole rings is 1. The Morgan fingerprint density at radius 3 is 2.23 bits per heavy atom. The Morgan fingerprint density at radius 2 is 1.52 bits per heavy atom. The number of likely N-dealkylation sites (tertiary alicyclic amines) is 2. The van der Waals surface area contributed by atoms with Crippen LogP contribution in [0.1, 0.15) is 42.1 Å². The van der Waals surface area contributed by atoms with Crippen LogP contribution >= 0.6 is 11.6 Å². The van der Waals surface area contributed by atoms with Gasteiger partial charge in [0.2, 0.25) is 0 Å². The number of hydrogen-bond donors (Lipinski definition) is 1. The third-order valence-electron chi connectivity index (χ3n) is 6.85. The van der Waals surface area contributed by atoms with E-state index in [0.29, 0.717) is 16.6 Å². The maximum Gasteiger partial charge on any atom is 0.326 e. The van der Waals surface area contributed by atoms with Crippen molar-refractivity contribution in [2.75, 3.05) is 26.2 Å². The van der Waals surface area contributed by atoms with E-state index in [0.717, 1.165) is 62.9 Å². The van der Waals surface area contributed by atoms with E-state index in [1.165, 1.54) is 0 Å². The predicted molar refractivity (Wildman–Crippen MR) is 123 cm³/mol. The van der Waals surface area contributed by atoms with Gasteiger partial charge >= 0.3 is 5.69 Å². The van der Waals surface area contributed by atoms with Crippen LogP contribution in [0.5, 0.6) is 0 Å². The highest BCUT2D eigenvalue weighted by molar-refractivity contribution is 6.30. The number of nitrogens with one attached hydrogen (secondary N) is 1. The summed E-state index contributed by atoms with van der Waals surface area (Å²) < 4.78 is 1.94. The minimum absolute atomic E-state index is 0.00586. The highest BCUT2D eigenvalue weighted by Gasteiger charge is 2.31. The first-order valence-electron chi connectivity index (χ1n) is 11.1. The van der Waals surface area contributed by atoms with Gasteiger partial charge in [0, 0.05) is 48.8 Å². The fraction of sp³-hybridized carbons (Fsp3) is 0.417. The molecule has 0 saturated carbocycles. The number of benzene rings is 2. The van der Waals surface area contributed by atoms with E-state index in [4.69, 9.17) is 11.6 Å². The minimum Gasteiger partial charge on any atom is -0.339 e. The summed E-state index contributed by atoms with van der Waals surface area (Å²) >= 11 is 5.94. The average molecular weight is 439 g/mol. The van der Waals surface area contributed by atoms with Crippen molar-refractivity contribution in [2.24, 2.45) is 0 Å². The molecule has 3 heterocycles. The Morgan fingerprint density at radius 1 is 0.871 bits per heavy atom. The highest BCUT2D eigenvalue weighted by Crippen LogP contribution is 2.28. The van der Waals surface area contributed by atoms with Crippen molar-refractivity contribution in [1.82, 2.24) is 19.4 Å². The topological polar surface area (TPSA) is 61.3 Å². The summed E-state index contributed by atoms with van der Waals surface area (Å²) in [5.41, 5.74) is 2.61. The van der Waals surface area contributed by atoms with Gasteiger partial charge in [0.05, 0.1) is 11.0 Å². The van der Waals surface area contributed by atoms with Crippen LogP contribution in [0.25, 0.3) is 11.0 Å². The summed E-state index contributed by atoms with van der Waals surface area (Å²) in [5.74, 6) is 0.0903. The summed E-state index contributed by atoms with van der Waals surface area (Å²) in [6.45, 7) is 3.56. The van der Waals surface area contributed by atoms with E-state index in [9.17, 15) is 9.59 Å². The summed E-state index contributed by atoms with van der Waals surface area (Å²) in [6.07, 6.45) is 3.95. The molecule has 31 heavy (non-hydrogen) atoms. The normalized spacial score (nSPS) is 19.2. The molecule has 2 aromatic carbocycles. The van der Waals surface area contributed by atoms with Gasteiger partial charge in [0.15, 0.2) is 0 Å². The lowest BCUT2D eigenvalue weighted by atomic mass is 9.97. The summed E-state index contributed by atoms with van der Waals surface area (Å²) in [5, 5.41) is 0.647. The number of carbonyl (C=O) groups is 1. The molecular formula is C24H27ClN4O2. The molecular weight excluding hydrogens is 412 g/mol. The van der Waals surface area contributed by atoms with Gasteiger partial charge < -0.3 is 14.8 Å². The Balaban J connectivity index is 1.18. The minimum atomic E-state index is -0.00586. The van der Waals surface area contributed by atoms with Crippen LogP contribution in [0.2, 0.25) is 5.02 Å². The van der Waals surface area contributed by atoms with Crippen molar-refractivity contribution < 1.29 is 4.79 Å². The van der Waals surface area contributed by atoms with Gasteiger partial charge in [-0.3, -0.25) is 9.36 Å². The van der Waals surface area contributed by atoms with Crippen molar-refractivity contribution in [3.63, 3.8) is 0 Å². The lowest BCUT2D eigenvalue weighted by Gasteiger charge is -2.42. The van der Waals surface area contributed by atoms with Crippen molar-refractivity contribution in [3.05, 3.63) is 69.6 Å². The summed E-state index contributed by atoms with van der Waals surface area (Å²) in [7, 11) is 0. The van der Waals surface area contributed by atoms with Gasteiger partial charge in [0.25, 0.3) is 5.91 Å². The number of H-pyrrole nitrogens is 1. The SMILES string of the molecule is O=C(c1ccc(Cl)cc1)N1CCC(N2CCC(n3c(=O)[nH]c4ccccc43)CC2)CC1. The molecule has 0 unspecified atom stereocenters. The standard InChI is InChI=1S/C24H27ClN4O2/c25-18-7-5-17(6-8-18)23(30)28-15-9-19(10-16-28)27-13-11-20(12-14-27)29-22-4-2-1-3-21(22)26-24(29)31/h1-8,19-20H,9-16H2,(H,26,31). The second-order valence-electron chi connectivity index (χ2n) is 8.61. The maximum atomic E-state index is 12.7. The Bertz CT molecular complexity index is 1120. The van der Waals surface area contributed by atoms with Gasteiger partial charge in [-0.15, -0.1) is 0 Å². The van der Waals surface area contributed by atoms with Crippen molar-refractivity contribution in [3.8, 4) is 0 Å². The van der Waals surface area contributed by atoms with E-state index >= 15 is 0 Å². The fourth-order valence-corrected chi connectivity index (χ4v) is 5.28. The third-order valence-corrected chi connectivity index (χ3v) is 7.10. The molecule has 1 aromatic heterocycles. The lowest BCUT2D eigenvalue weighted by molar-refractivity contribution is 0.0558. The number of fused-ring (bicyclic) bond motifs is 1. The lowest BCUT2D eigenvalue weighted by Crippen LogP contribution is -2.49. The van der Waals surface area contributed by atoms with Crippen molar-refractivity contribution in [2.45, 2.75) is 37.8 Å². The van der Waals surface area contributed by atoms with E-state index in [1.807, 2.05) is 33.7 Å². The molecule has 2 aliphatic rings. The van der Waals surface area contributed by atoms with E-state index in [2.05, 4.69) is 9.88 Å². The smallest absolute Gasteiger partial charge is 0.326 e. The number of nitrogens with zero attached hydrogens (tertiary/aromatic N) is 3. The number of amides is 1. The van der Waals surface area contributed by atoms with Crippen molar-refractivity contribution >= 4 is 28.5 Å². The molecule has 2 saturated heterocycles. The predicted octanol–water partition coefficient (Wildman–Crippen LogP) is 3.92. The summed E-state index contributed by atoms with van der Waals surface area (Å²) in [4.78, 5) is 32.7. The van der Waals surface area contributed by atoms with Crippen LogP contribution in [0.4, 0.5) is 0 Å². The number of piperidine rings is 2. The molecule has 1 N–H and O–H groups in total. The Hall–Kier alpha value is -2.57. The molecule has 162 valence electrons. The van der Waals surface area contributed by atoms with E-state index in [1.54, 1.807) is 24.3 Å². The van der Waals surface area contributed by atoms with Gasteiger partial charge in [-0.2, -0.15) is 0 Å². The third kappa shape index (κ3) is 4.02. The highest BCUT2D eigenvalue weighted by atomic mass is 35.5. The molecule has 0 atom stereocenters. The first-order valence-corrected chi connectivity index (χ1v) is 11.5. The Labute approximate surface area is 186 Å². The van der Waals surface area contributed by atoms with Gasteiger partial charge in [0.1, 0.15) is 0 Å². The molecule has 2 fully saturated rings.